The fraction of sp³-hybridized carbons (Fsp3) is 0.105. The van der Waals surface area contributed by atoms with Gasteiger partial charge in [0.15, 0.2) is 0 Å². The summed E-state index contributed by atoms with van der Waals surface area (Å²) in [6.07, 6.45) is 1.34. The number of aryl methyl sites for hydroxylation is 1. The van der Waals surface area contributed by atoms with Gasteiger partial charge in [-0.25, -0.2) is 9.97 Å². The summed E-state index contributed by atoms with van der Waals surface area (Å²) in [7, 11) is 0. The van der Waals surface area contributed by atoms with E-state index in [1.54, 1.807) is 4.57 Å². The Morgan fingerprint density at radius 2 is 1.79 bits per heavy atom. The van der Waals surface area contributed by atoms with Gasteiger partial charge < -0.3 is 4.42 Å². The first-order valence-corrected chi connectivity index (χ1v) is 7.69. The van der Waals surface area contributed by atoms with Gasteiger partial charge in [0.2, 0.25) is 5.89 Å². The molecule has 2 aromatic carbocycles. The summed E-state index contributed by atoms with van der Waals surface area (Å²) in [6, 6.07) is 17.3. The van der Waals surface area contributed by atoms with Crippen molar-refractivity contribution in [2.24, 2.45) is 0 Å². The van der Waals surface area contributed by atoms with Crippen LogP contribution in [0.1, 0.15) is 11.5 Å². The van der Waals surface area contributed by atoms with Crippen LogP contribution >= 0.6 is 0 Å². The first-order valence-electron chi connectivity index (χ1n) is 7.69. The summed E-state index contributed by atoms with van der Waals surface area (Å²) in [5.74, 6) is 1.27. The topological polar surface area (TPSA) is 60.9 Å². The summed E-state index contributed by atoms with van der Waals surface area (Å²) < 4.78 is 7.45. The van der Waals surface area contributed by atoms with Crippen molar-refractivity contribution in [1.82, 2.24) is 14.5 Å². The van der Waals surface area contributed by atoms with Crippen LogP contribution in [0.25, 0.3) is 22.5 Å². The summed E-state index contributed by atoms with van der Waals surface area (Å²) in [5, 5.41) is 0. The molecule has 118 valence electrons. The standard InChI is InChI=1S/C19H15N3O2/c1-13-16(21-19(24-13)14-7-3-2-4-8-14)12-22-17-10-6-5-9-15(17)20-11-18(22)23/h2-11H,12H2,1H3. The average Bonchev–Trinajstić information content (AvgIpc) is 2.99. The molecule has 0 bridgehead atoms. The Labute approximate surface area is 138 Å². The third kappa shape index (κ3) is 2.50. The van der Waals surface area contributed by atoms with Crippen molar-refractivity contribution < 1.29 is 4.42 Å². The van der Waals surface area contributed by atoms with Gasteiger partial charge in [0, 0.05) is 5.56 Å². The summed E-state index contributed by atoms with van der Waals surface area (Å²) >= 11 is 0. The maximum atomic E-state index is 12.3. The molecule has 0 aliphatic heterocycles. The lowest BCUT2D eigenvalue weighted by Crippen LogP contribution is -2.21. The van der Waals surface area contributed by atoms with Gasteiger partial charge in [-0.05, 0) is 31.2 Å². The van der Waals surface area contributed by atoms with Gasteiger partial charge in [-0.2, -0.15) is 0 Å². The van der Waals surface area contributed by atoms with Crippen LogP contribution in [-0.2, 0) is 6.54 Å². The second-order valence-electron chi connectivity index (χ2n) is 5.56. The zero-order valence-electron chi connectivity index (χ0n) is 13.1. The minimum atomic E-state index is -0.155. The number of hydrogen-bond donors (Lipinski definition) is 0. The zero-order valence-corrected chi connectivity index (χ0v) is 13.1. The van der Waals surface area contributed by atoms with Crippen LogP contribution in [0, 0.1) is 6.92 Å². The Morgan fingerprint density at radius 3 is 2.62 bits per heavy atom. The Balaban J connectivity index is 1.79. The Bertz CT molecular complexity index is 1060. The highest BCUT2D eigenvalue weighted by Crippen LogP contribution is 2.22. The van der Waals surface area contributed by atoms with E-state index in [0.717, 1.165) is 22.3 Å². The van der Waals surface area contributed by atoms with Crippen LogP contribution in [-0.4, -0.2) is 14.5 Å². The molecule has 5 nitrogen and oxygen atoms in total. The molecule has 0 N–H and O–H groups in total. The van der Waals surface area contributed by atoms with E-state index in [-0.39, 0.29) is 5.56 Å². The van der Waals surface area contributed by atoms with E-state index < -0.39 is 0 Å². The lowest BCUT2D eigenvalue weighted by Gasteiger charge is -2.07. The van der Waals surface area contributed by atoms with Crippen molar-refractivity contribution in [1.29, 1.82) is 0 Å². The minimum Gasteiger partial charge on any atom is -0.441 e. The molecule has 0 aliphatic carbocycles. The maximum Gasteiger partial charge on any atom is 0.269 e. The van der Waals surface area contributed by atoms with Crippen molar-refractivity contribution in [3.63, 3.8) is 0 Å². The fourth-order valence-corrected chi connectivity index (χ4v) is 2.71. The Morgan fingerprint density at radius 1 is 1.04 bits per heavy atom. The number of aromatic nitrogens is 3. The predicted molar refractivity (Wildman–Crippen MR) is 91.8 cm³/mol. The minimum absolute atomic E-state index is 0.155. The van der Waals surface area contributed by atoms with Gasteiger partial charge in [-0.3, -0.25) is 9.36 Å². The third-order valence-corrected chi connectivity index (χ3v) is 3.97. The Kier molecular flexibility index (Phi) is 3.46. The molecule has 4 rings (SSSR count). The smallest absolute Gasteiger partial charge is 0.269 e. The van der Waals surface area contributed by atoms with Gasteiger partial charge in [-0.1, -0.05) is 30.3 Å². The SMILES string of the molecule is Cc1oc(-c2ccccc2)nc1Cn1c(=O)cnc2ccccc21. The molecule has 0 amide bonds. The van der Waals surface area contributed by atoms with E-state index in [0.29, 0.717) is 18.2 Å². The van der Waals surface area contributed by atoms with Crippen LogP contribution in [0.4, 0.5) is 0 Å². The van der Waals surface area contributed by atoms with Crippen LogP contribution in [0.2, 0.25) is 0 Å². The van der Waals surface area contributed by atoms with E-state index in [1.807, 2.05) is 61.5 Å². The second-order valence-corrected chi connectivity index (χ2v) is 5.56. The number of nitrogens with zero attached hydrogens (tertiary/aromatic N) is 3. The summed E-state index contributed by atoms with van der Waals surface area (Å²) in [6.45, 7) is 2.22. The predicted octanol–water partition coefficient (Wildman–Crippen LogP) is 3.41. The highest BCUT2D eigenvalue weighted by atomic mass is 16.4. The van der Waals surface area contributed by atoms with E-state index in [2.05, 4.69) is 9.97 Å². The molecule has 24 heavy (non-hydrogen) atoms. The number of hydrogen-bond acceptors (Lipinski definition) is 4. The van der Waals surface area contributed by atoms with Gasteiger partial charge in [0.1, 0.15) is 11.5 Å². The number of benzene rings is 2. The first-order chi connectivity index (χ1) is 11.7. The molecule has 0 unspecified atom stereocenters. The third-order valence-electron chi connectivity index (χ3n) is 3.97. The molecule has 0 saturated heterocycles. The van der Waals surface area contributed by atoms with Gasteiger partial charge in [0.05, 0.1) is 23.8 Å². The second kappa shape index (κ2) is 5.77. The summed E-state index contributed by atoms with van der Waals surface area (Å²) in [4.78, 5) is 21.0. The lowest BCUT2D eigenvalue weighted by atomic mass is 10.2. The molecule has 0 radical (unpaired) electrons. The van der Waals surface area contributed by atoms with E-state index in [1.165, 1.54) is 6.20 Å². The highest BCUT2D eigenvalue weighted by molar-refractivity contribution is 5.74. The normalized spacial score (nSPS) is 11.0. The zero-order chi connectivity index (χ0) is 16.5. The molecular formula is C19H15N3O2. The van der Waals surface area contributed by atoms with E-state index >= 15 is 0 Å². The number of oxazole rings is 1. The van der Waals surface area contributed by atoms with Crippen molar-refractivity contribution in [2.45, 2.75) is 13.5 Å². The van der Waals surface area contributed by atoms with Crippen LogP contribution < -0.4 is 5.56 Å². The molecule has 4 aromatic rings. The molecule has 2 aromatic heterocycles. The molecule has 0 spiro atoms. The monoisotopic (exact) mass is 317 g/mol. The molecule has 2 heterocycles. The average molecular weight is 317 g/mol. The largest absolute Gasteiger partial charge is 0.441 e. The quantitative estimate of drug-likeness (QED) is 0.581. The molecular weight excluding hydrogens is 302 g/mol. The molecule has 5 heteroatoms. The number of para-hydroxylation sites is 2. The summed E-state index contributed by atoms with van der Waals surface area (Å²) in [5.41, 5.74) is 3.07. The van der Waals surface area contributed by atoms with Gasteiger partial charge in [0.25, 0.3) is 5.56 Å². The first kappa shape index (κ1) is 14.4. The van der Waals surface area contributed by atoms with E-state index in [9.17, 15) is 4.79 Å². The number of fused-ring (bicyclic) bond motifs is 1. The van der Waals surface area contributed by atoms with Crippen molar-refractivity contribution in [3.05, 3.63) is 82.6 Å². The van der Waals surface area contributed by atoms with Gasteiger partial charge in [-0.15, -0.1) is 0 Å². The van der Waals surface area contributed by atoms with Crippen molar-refractivity contribution in [2.75, 3.05) is 0 Å². The van der Waals surface area contributed by atoms with Gasteiger partial charge >= 0.3 is 0 Å². The number of rotatable bonds is 3. The molecule has 0 saturated carbocycles. The molecule has 0 fully saturated rings. The molecule has 0 atom stereocenters. The van der Waals surface area contributed by atoms with Crippen molar-refractivity contribution >= 4 is 11.0 Å². The van der Waals surface area contributed by atoms with Crippen LogP contribution in [0.15, 0.2) is 70.0 Å². The van der Waals surface area contributed by atoms with Crippen molar-refractivity contribution in [3.8, 4) is 11.5 Å². The fourth-order valence-electron chi connectivity index (χ4n) is 2.71. The van der Waals surface area contributed by atoms with Crippen LogP contribution in [0.5, 0.6) is 0 Å². The Hall–Kier alpha value is -3.21. The van der Waals surface area contributed by atoms with E-state index in [4.69, 9.17) is 4.42 Å². The highest BCUT2D eigenvalue weighted by Gasteiger charge is 2.13. The van der Waals surface area contributed by atoms with Crippen LogP contribution in [0.3, 0.4) is 0 Å². The maximum absolute atomic E-state index is 12.3. The molecule has 0 aliphatic rings. The lowest BCUT2D eigenvalue weighted by molar-refractivity contribution is 0.538.